The van der Waals surface area contributed by atoms with Crippen LogP contribution in [0.15, 0.2) is 47.6 Å². The fourth-order valence-electron chi connectivity index (χ4n) is 2.55. The van der Waals surface area contributed by atoms with Gasteiger partial charge < -0.3 is 4.90 Å². The minimum atomic E-state index is -3.68. The zero-order chi connectivity index (χ0) is 15.7. The summed E-state index contributed by atoms with van der Waals surface area (Å²) in [7, 11) is -1.70. The van der Waals surface area contributed by atoms with Gasteiger partial charge in [0.2, 0.25) is 0 Å². The molecule has 0 fully saturated rings. The molecule has 2 heterocycles. The van der Waals surface area contributed by atoms with Crippen molar-refractivity contribution in [2.24, 2.45) is 0 Å². The first-order chi connectivity index (χ1) is 10.5. The Kier molecular flexibility index (Phi) is 4.08. The highest BCUT2D eigenvalue weighted by Gasteiger charge is 2.29. The molecule has 0 bridgehead atoms. The van der Waals surface area contributed by atoms with E-state index in [0.717, 1.165) is 12.1 Å². The summed E-state index contributed by atoms with van der Waals surface area (Å²) in [5, 5.41) is 0.307. The normalized spacial score (nSPS) is 16.2. The van der Waals surface area contributed by atoms with Crippen molar-refractivity contribution in [3.63, 3.8) is 0 Å². The molecule has 0 unspecified atom stereocenters. The second kappa shape index (κ2) is 5.87. The number of likely N-dealkylation sites (N-methyl/N-ethyl adjacent to an activating group) is 1. The lowest BCUT2D eigenvalue weighted by Crippen LogP contribution is -2.35. The van der Waals surface area contributed by atoms with Crippen LogP contribution in [0.2, 0.25) is 5.02 Å². The number of benzene rings is 1. The zero-order valence-electron chi connectivity index (χ0n) is 12.1. The highest BCUT2D eigenvalue weighted by Crippen LogP contribution is 2.30. The Morgan fingerprint density at radius 2 is 1.95 bits per heavy atom. The number of nitrogens with zero attached hydrogens (tertiary/aromatic N) is 3. The topological polar surface area (TPSA) is 53.5 Å². The molecule has 0 aliphatic carbocycles. The summed E-state index contributed by atoms with van der Waals surface area (Å²) in [5.74, 6) is 0. The summed E-state index contributed by atoms with van der Waals surface area (Å²) in [5.41, 5.74) is 1.70. The summed E-state index contributed by atoms with van der Waals surface area (Å²) in [6, 6.07) is 8.99. The second-order valence-electron chi connectivity index (χ2n) is 5.28. The Morgan fingerprint density at radius 3 is 2.73 bits per heavy atom. The third kappa shape index (κ3) is 2.82. The molecule has 0 atom stereocenters. The summed E-state index contributed by atoms with van der Waals surface area (Å²) in [6.45, 7) is 1.76. The number of sulfonamides is 1. The smallest absolute Gasteiger partial charge is 0.265 e. The van der Waals surface area contributed by atoms with Crippen LogP contribution in [0.5, 0.6) is 0 Å². The zero-order valence-corrected chi connectivity index (χ0v) is 13.7. The number of hydrogen-bond donors (Lipinski definition) is 0. The van der Waals surface area contributed by atoms with Crippen LogP contribution in [0.4, 0.5) is 5.69 Å². The monoisotopic (exact) mass is 337 g/mol. The number of anilines is 1. The van der Waals surface area contributed by atoms with E-state index >= 15 is 0 Å². The highest BCUT2D eigenvalue weighted by atomic mass is 35.5. The molecule has 0 saturated heterocycles. The van der Waals surface area contributed by atoms with Crippen LogP contribution in [0.25, 0.3) is 0 Å². The van der Waals surface area contributed by atoms with Gasteiger partial charge in [-0.05, 0) is 24.7 Å². The minimum absolute atomic E-state index is 0.111. The molecular weight excluding hydrogens is 322 g/mol. The molecule has 116 valence electrons. The molecule has 0 amide bonds. The Balaban J connectivity index is 2.11. The van der Waals surface area contributed by atoms with Crippen LogP contribution < -0.4 is 4.31 Å². The Morgan fingerprint density at radius 1 is 1.18 bits per heavy atom. The Labute approximate surface area is 135 Å². The van der Waals surface area contributed by atoms with Crippen molar-refractivity contribution >= 4 is 27.3 Å². The number of aromatic nitrogens is 1. The molecule has 0 radical (unpaired) electrons. The van der Waals surface area contributed by atoms with E-state index in [4.69, 9.17) is 11.6 Å². The number of pyridine rings is 1. The maximum atomic E-state index is 13.0. The van der Waals surface area contributed by atoms with Crippen molar-refractivity contribution in [3.05, 3.63) is 53.3 Å². The van der Waals surface area contributed by atoms with Crippen LogP contribution >= 0.6 is 11.6 Å². The quantitative estimate of drug-likeness (QED) is 0.844. The van der Waals surface area contributed by atoms with E-state index in [1.165, 1.54) is 22.8 Å². The molecule has 1 aromatic heterocycles. The third-order valence-corrected chi connectivity index (χ3v) is 5.64. The summed E-state index contributed by atoms with van der Waals surface area (Å²) in [6.07, 6.45) is 2.75. The highest BCUT2D eigenvalue weighted by molar-refractivity contribution is 7.92. The van der Waals surface area contributed by atoms with Crippen LogP contribution in [-0.2, 0) is 16.6 Å². The standard InChI is InChI=1S/C15H16ClN3O2S/c1-18-6-7-19(15-5-3-2-4-12(15)11-18)22(20,21)14-8-13(16)9-17-10-14/h2-5,8-10H,6-7,11H2,1H3. The molecule has 22 heavy (non-hydrogen) atoms. The number of hydrogen-bond acceptors (Lipinski definition) is 4. The first-order valence-corrected chi connectivity index (χ1v) is 8.70. The molecule has 0 saturated carbocycles. The molecule has 5 nitrogen and oxygen atoms in total. The van der Waals surface area contributed by atoms with Crippen molar-refractivity contribution in [3.8, 4) is 0 Å². The first-order valence-electron chi connectivity index (χ1n) is 6.88. The van der Waals surface area contributed by atoms with Crippen molar-refractivity contribution < 1.29 is 8.42 Å². The van der Waals surface area contributed by atoms with E-state index in [-0.39, 0.29) is 4.90 Å². The van der Waals surface area contributed by atoms with E-state index in [0.29, 0.717) is 23.8 Å². The van der Waals surface area contributed by atoms with Gasteiger partial charge in [0.25, 0.3) is 10.0 Å². The molecule has 2 aromatic rings. The fourth-order valence-corrected chi connectivity index (χ4v) is 4.27. The molecule has 0 N–H and O–H groups in total. The van der Waals surface area contributed by atoms with Crippen LogP contribution in [0.3, 0.4) is 0 Å². The van der Waals surface area contributed by atoms with E-state index in [1.807, 2.05) is 31.3 Å². The van der Waals surface area contributed by atoms with Crippen molar-refractivity contribution in [2.75, 3.05) is 24.4 Å². The third-order valence-electron chi connectivity index (χ3n) is 3.65. The Bertz CT molecular complexity index is 795. The number of para-hydroxylation sites is 1. The molecule has 3 rings (SSSR count). The van der Waals surface area contributed by atoms with Gasteiger partial charge in [0.1, 0.15) is 4.90 Å². The van der Waals surface area contributed by atoms with Crippen LogP contribution in [0, 0.1) is 0 Å². The van der Waals surface area contributed by atoms with E-state index in [1.54, 1.807) is 0 Å². The van der Waals surface area contributed by atoms with Gasteiger partial charge in [-0.15, -0.1) is 0 Å². The van der Waals surface area contributed by atoms with Gasteiger partial charge in [-0.3, -0.25) is 9.29 Å². The van der Waals surface area contributed by atoms with Gasteiger partial charge in [-0.1, -0.05) is 29.8 Å². The van der Waals surface area contributed by atoms with E-state index < -0.39 is 10.0 Å². The molecular formula is C15H16ClN3O2S. The molecule has 7 heteroatoms. The molecule has 0 spiro atoms. The summed E-state index contributed by atoms with van der Waals surface area (Å²) < 4.78 is 27.4. The van der Waals surface area contributed by atoms with Gasteiger partial charge in [0, 0.05) is 32.0 Å². The lowest BCUT2D eigenvalue weighted by atomic mass is 10.2. The fraction of sp³-hybridized carbons (Fsp3) is 0.267. The molecule has 1 aromatic carbocycles. The van der Waals surface area contributed by atoms with Gasteiger partial charge in [0.05, 0.1) is 10.7 Å². The van der Waals surface area contributed by atoms with Crippen LogP contribution in [-0.4, -0.2) is 38.4 Å². The van der Waals surface area contributed by atoms with E-state index in [9.17, 15) is 8.42 Å². The maximum Gasteiger partial charge on any atom is 0.265 e. The second-order valence-corrected chi connectivity index (χ2v) is 7.58. The number of rotatable bonds is 2. The average molecular weight is 338 g/mol. The largest absolute Gasteiger partial charge is 0.300 e. The molecule has 1 aliphatic rings. The van der Waals surface area contributed by atoms with Gasteiger partial charge >= 0.3 is 0 Å². The maximum absolute atomic E-state index is 13.0. The van der Waals surface area contributed by atoms with Crippen molar-refractivity contribution in [1.29, 1.82) is 0 Å². The van der Waals surface area contributed by atoms with Gasteiger partial charge in [0.15, 0.2) is 0 Å². The number of fused-ring (bicyclic) bond motifs is 1. The summed E-state index contributed by atoms with van der Waals surface area (Å²) in [4.78, 5) is 6.10. The lowest BCUT2D eigenvalue weighted by molar-refractivity contribution is 0.344. The minimum Gasteiger partial charge on any atom is -0.300 e. The van der Waals surface area contributed by atoms with E-state index in [2.05, 4.69) is 9.88 Å². The predicted molar refractivity (Wildman–Crippen MR) is 86.6 cm³/mol. The van der Waals surface area contributed by atoms with Gasteiger partial charge in [-0.2, -0.15) is 0 Å². The SMILES string of the molecule is CN1CCN(S(=O)(=O)c2cncc(Cl)c2)c2ccccc2C1. The Hall–Kier alpha value is -1.63. The average Bonchev–Trinajstić information content (AvgIpc) is 2.65. The van der Waals surface area contributed by atoms with Crippen molar-refractivity contribution in [1.82, 2.24) is 9.88 Å². The van der Waals surface area contributed by atoms with Crippen molar-refractivity contribution in [2.45, 2.75) is 11.4 Å². The lowest BCUT2D eigenvalue weighted by Gasteiger charge is -2.24. The molecule has 1 aliphatic heterocycles. The predicted octanol–water partition coefficient (Wildman–Crippen LogP) is 2.38. The van der Waals surface area contributed by atoms with Gasteiger partial charge in [-0.25, -0.2) is 8.42 Å². The first kappa shape index (κ1) is 15.3. The number of halogens is 1. The van der Waals surface area contributed by atoms with Crippen LogP contribution in [0.1, 0.15) is 5.56 Å². The summed E-state index contributed by atoms with van der Waals surface area (Å²) >= 11 is 5.89.